The van der Waals surface area contributed by atoms with Crippen molar-refractivity contribution in [2.45, 2.75) is 13.3 Å². The summed E-state index contributed by atoms with van der Waals surface area (Å²) in [5.41, 5.74) is 4.20. The molecule has 20 heavy (non-hydrogen) atoms. The third-order valence-electron chi connectivity index (χ3n) is 2.99. The van der Waals surface area contributed by atoms with Crippen molar-refractivity contribution in [3.8, 4) is 0 Å². The van der Waals surface area contributed by atoms with Crippen LogP contribution in [0.25, 0.3) is 0 Å². The summed E-state index contributed by atoms with van der Waals surface area (Å²) in [5, 5.41) is 9.51. The molecule has 104 valence electrons. The Morgan fingerprint density at radius 3 is 2.55 bits per heavy atom. The summed E-state index contributed by atoms with van der Waals surface area (Å²) in [6.07, 6.45) is -0.0293. The number of carboxylic acid groups (broad SMARTS) is 1. The Bertz CT molecular complexity index is 657. The Morgan fingerprint density at radius 1 is 1.35 bits per heavy atom. The van der Waals surface area contributed by atoms with Gasteiger partial charge in [-0.1, -0.05) is 23.7 Å². The van der Waals surface area contributed by atoms with Crippen LogP contribution in [0.1, 0.15) is 22.5 Å². The predicted molar refractivity (Wildman–Crippen MR) is 79.9 cm³/mol. The number of aliphatic carboxylic acids is 1. The van der Waals surface area contributed by atoms with Crippen LogP contribution in [0.15, 0.2) is 35.3 Å². The minimum Gasteiger partial charge on any atom is -0.481 e. The number of benzene rings is 1. The molecular formula is C15H15ClN2O2. The van der Waals surface area contributed by atoms with Crippen molar-refractivity contribution in [3.05, 3.63) is 57.9 Å². The number of H-pyrrole nitrogens is 1. The van der Waals surface area contributed by atoms with E-state index in [1.54, 1.807) is 19.2 Å². The summed E-state index contributed by atoms with van der Waals surface area (Å²) < 4.78 is 0. The fraction of sp³-hybridized carbons (Fsp3) is 0.200. The van der Waals surface area contributed by atoms with Gasteiger partial charge < -0.3 is 10.1 Å². The zero-order valence-electron chi connectivity index (χ0n) is 11.3. The average Bonchev–Trinajstić information content (AvgIpc) is 2.73. The highest BCUT2D eigenvalue weighted by Gasteiger charge is 2.13. The number of aromatic nitrogens is 1. The van der Waals surface area contributed by atoms with Crippen molar-refractivity contribution in [1.82, 2.24) is 4.98 Å². The Labute approximate surface area is 122 Å². The van der Waals surface area contributed by atoms with Gasteiger partial charge in [0.25, 0.3) is 0 Å². The van der Waals surface area contributed by atoms with Gasteiger partial charge in [0.2, 0.25) is 0 Å². The highest BCUT2D eigenvalue weighted by atomic mass is 35.5. The van der Waals surface area contributed by atoms with Crippen molar-refractivity contribution >= 4 is 23.3 Å². The van der Waals surface area contributed by atoms with E-state index < -0.39 is 5.97 Å². The maximum absolute atomic E-state index is 10.8. The molecule has 1 aromatic heterocycles. The van der Waals surface area contributed by atoms with Crippen LogP contribution in [-0.2, 0) is 11.2 Å². The molecule has 0 bridgehead atoms. The number of aromatic amines is 1. The number of carboxylic acids is 1. The Hall–Kier alpha value is -2.07. The SMILES string of the molecule is CN=C(c1ccc(Cl)cc1)c1[nH]c(CC(=O)O)cc1C. The van der Waals surface area contributed by atoms with Crippen LogP contribution in [0.3, 0.4) is 0 Å². The number of carbonyl (C=O) groups is 1. The van der Waals surface area contributed by atoms with E-state index in [1.807, 2.05) is 25.1 Å². The van der Waals surface area contributed by atoms with Gasteiger partial charge in [-0.15, -0.1) is 0 Å². The smallest absolute Gasteiger partial charge is 0.309 e. The second-order valence-corrected chi connectivity index (χ2v) is 4.94. The number of halogens is 1. The van der Waals surface area contributed by atoms with Crippen molar-refractivity contribution in [1.29, 1.82) is 0 Å². The third-order valence-corrected chi connectivity index (χ3v) is 3.24. The summed E-state index contributed by atoms with van der Waals surface area (Å²) in [7, 11) is 1.71. The fourth-order valence-electron chi connectivity index (χ4n) is 2.13. The molecule has 0 spiro atoms. The van der Waals surface area contributed by atoms with Gasteiger partial charge in [-0.25, -0.2) is 0 Å². The zero-order valence-corrected chi connectivity index (χ0v) is 12.0. The largest absolute Gasteiger partial charge is 0.481 e. The molecule has 0 unspecified atom stereocenters. The maximum atomic E-state index is 10.8. The molecular weight excluding hydrogens is 276 g/mol. The Kier molecular flexibility index (Phi) is 4.25. The standard InChI is InChI=1S/C15H15ClN2O2/c1-9-7-12(8-13(19)20)18-14(9)15(17-2)10-3-5-11(16)6-4-10/h3-7,18H,8H2,1-2H3,(H,19,20). The quantitative estimate of drug-likeness (QED) is 0.850. The lowest BCUT2D eigenvalue weighted by Crippen LogP contribution is -2.06. The van der Waals surface area contributed by atoms with E-state index in [1.165, 1.54) is 0 Å². The second-order valence-electron chi connectivity index (χ2n) is 4.50. The molecule has 5 heteroatoms. The number of nitrogens with zero attached hydrogens (tertiary/aromatic N) is 1. The van der Waals surface area contributed by atoms with Crippen LogP contribution in [-0.4, -0.2) is 28.8 Å². The van der Waals surface area contributed by atoms with E-state index >= 15 is 0 Å². The van der Waals surface area contributed by atoms with Gasteiger partial charge in [-0.05, 0) is 30.7 Å². The molecule has 0 atom stereocenters. The minimum atomic E-state index is -0.862. The lowest BCUT2D eigenvalue weighted by Gasteiger charge is -2.06. The summed E-state index contributed by atoms with van der Waals surface area (Å²) in [5.74, 6) is -0.862. The van der Waals surface area contributed by atoms with E-state index in [0.717, 1.165) is 22.5 Å². The number of hydrogen-bond acceptors (Lipinski definition) is 2. The van der Waals surface area contributed by atoms with Gasteiger partial charge in [0.1, 0.15) is 0 Å². The third kappa shape index (κ3) is 3.08. The first-order valence-electron chi connectivity index (χ1n) is 6.14. The minimum absolute atomic E-state index is 0.0293. The molecule has 0 fully saturated rings. The molecule has 0 aliphatic rings. The molecule has 0 radical (unpaired) electrons. The zero-order chi connectivity index (χ0) is 14.7. The number of nitrogens with one attached hydrogen (secondary N) is 1. The molecule has 2 N–H and O–H groups in total. The van der Waals surface area contributed by atoms with Crippen molar-refractivity contribution in [2.24, 2.45) is 4.99 Å². The molecule has 0 saturated carbocycles. The molecule has 0 aliphatic carbocycles. The van der Waals surface area contributed by atoms with Gasteiger partial charge >= 0.3 is 5.97 Å². The number of rotatable bonds is 4. The van der Waals surface area contributed by atoms with E-state index in [4.69, 9.17) is 16.7 Å². The highest BCUT2D eigenvalue weighted by Crippen LogP contribution is 2.18. The summed E-state index contributed by atoms with van der Waals surface area (Å²) in [6, 6.07) is 9.23. The summed E-state index contributed by atoms with van der Waals surface area (Å²) >= 11 is 5.89. The normalized spacial score (nSPS) is 11.7. The van der Waals surface area contributed by atoms with Crippen LogP contribution in [0, 0.1) is 6.92 Å². The molecule has 0 aliphatic heterocycles. The molecule has 2 aromatic rings. The first kappa shape index (κ1) is 14.3. The number of aryl methyl sites for hydroxylation is 1. The Morgan fingerprint density at radius 2 is 2.00 bits per heavy atom. The van der Waals surface area contributed by atoms with E-state index in [2.05, 4.69) is 9.98 Å². The first-order valence-corrected chi connectivity index (χ1v) is 6.52. The lowest BCUT2D eigenvalue weighted by atomic mass is 10.1. The average molecular weight is 291 g/mol. The molecule has 0 saturated heterocycles. The fourth-order valence-corrected chi connectivity index (χ4v) is 2.25. The Balaban J connectivity index is 2.40. The molecule has 0 amide bonds. The van der Waals surface area contributed by atoms with Crippen LogP contribution in [0.2, 0.25) is 5.02 Å². The highest BCUT2D eigenvalue weighted by molar-refractivity contribution is 6.30. The van der Waals surface area contributed by atoms with Crippen molar-refractivity contribution < 1.29 is 9.90 Å². The van der Waals surface area contributed by atoms with Gasteiger partial charge in [-0.3, -0.25) is 9.79 Å². The van der Waals surface area contributed by atoms with Crippen LogP contribution < -0.4 is 0 Å². The summed E-state index contributed by atoms with van der Waals surface area (Å²) in [6.45, 7) is 1.93. The monoisotopic (exact) mass is 290 g/mol. The van der Waals surface area contributed by atoms with Crippen molar-refractivity contribution in [3.63, 3.8) is 0 Å². The predicted octanol–water partition coefficient (Wildman–Crippen LogP) is 3.07. The maximum Gasteiger partial charge on any atom is 0.309 e. The van der Waals surface area contributed by atoms with Crippen LogP contribution in [0.4, 0.5) is 0 Å². The van der Waals surface area contributed by atoms with Gasteiger partial charge in [0, 0.05) is 23.3 Å². The number of hydrogen-bond donors (Lipinski definition) is 2. The first-order chi connectivity index (χ1) is 9.51. The molecule has 2 rings (SSSR count). The van der Waals surface area contributed by atoms with Crippen LogP contribution >= 0.6 is 11.6 Å². The molecule has 4 nitrogen and oxygen atoms in total. The second kappa shape index (κ2) is 5.92. The summed E-state index contributed by atoms with van der Waals surface area (Å²) in [4.78, 5) is 18.2. The van der Waals surface area contributed by atoms with E-state index in [0.29, 0.717) is 10.7 Å². The van der Waals surface area contributed by atoms with E-state index in [-0.39, 0.29) is 6.42 Å². The molecule has 1 aromatic carbocycles. The van der Waals surface area contributed by atoms with Gasteiger partial charge in [-0.2, -0.15) is 0 Å². The van der Waals surface area contributed by atoms with Gasteiger partial charge in [0.05, 0.1) is 17.8 Å². The van der Waals surface area contributed by atoms with Gasteiger partial charge in [0.15, 0.2) is 0 Å². The topological polar surface area (TPSA) is 65.5 Å². The number of aliphatic imine (C=N–C) groups is 1. The van der Waals surface area contributed by atoms with E-state index in [9.17, 15) is 4.79 Å². The van der Waals surface area contributed by atoms with Crippen LogP contribution in [0.5, 0.6) is 0 Å². The van der Waals surface area contributed by atoms with Crippen molar-refractivity contribution in [2.75, 3.05) is 7.05 Å². The molecule has 1 heterocycles. The lowest BCUT2D eigenvalue weighted by molar-refractivity contribution is -0.136.